The molecule has 0 aliphatic carbocycles. The predicted molar refractivity (Wildman–Crippen MR) is 83.9 cm³/mol. The van der Waals surface area contributed by atoms with Crippen molar-refractivity contribution in [1.29, 1.82) is 0 Å². The third-order valence-corrected chi connectivity index (χ3v) is 3.57. The predicted octanol–water partition coefficient (Wildman–Crippen LogP) is 0.858. The van der Waals surface area contributed by atoms with Gasteiger partial charge >= 0.3 is 0 Å². The summed E-state index contributed by atoms with van der Waals surface area (Å²) in [4.78, 5) is 14.3. The van der Waals surface area contributed by atoms with Gasteiger partial charge in [0, 0.05) is 25.7 Å². The van der Waals surface area contributed by atoms with Gasteiger partial charge in [0.05, 0.1) is 30.6 Å². The van der Waals surface area contributed by atoms with E-state index in [4.69, 9.17) is 4.74 Å². The molecular formula is C15H26N4O2. The molecule has 0 unspecified atom stereocenters. The van der Waals surface area contributed by atoms with Crippen LogP contribution < -0.4 is 15.8 Å². The summed E-state index contributed by atoms with van der Waals surface area (Å²) in [5.74, 6) is 0. The molecule has 0 amide bonds. The van der Waals surface area contributed by atoms with Crippen molar-refractivity contribution in [2.24, 2.45) is 0 Å². The third-order valence-electron chi connectivity index (χ3n) is 3.57. The monoisotopic (exact) mass is 294 g/mol. The highest BCUT2D eigenvalue weighted by atomic mass is 16.5. The molecule has 0 spiro atoms. The number of hydrogen-bond acceptors (Lipinski definition) is 5. The van der Waals surface area contributed by atoms with Crippen molar-refractivity contribution >= 4 is 5.69 Å². The summed E-state index contributed by atoms with van der Waals surface area (Å²) in [5.41, 5.74) is 0.654. The Hall–Kier alpha value is -1.40. The number of nitrogens with zero attached hydrogens (tertiary/aromatic N) is 3. The first-order valence-corrected chi connectivity index (χ1v) is 7.68. The molecule has 6 nitrogen and oxygen atoms in total. The molecule has 2 heterocycles. The molecule has 1 N–H and O–H groups in total. The lowest BCUT2D eigenvalue weighted by Gasteiger charge is -2.39. The molecule has 2 rings (SSSR count). The Kier molecular flexibility index (Phi) is 5.36. The van der Waals surface area contributed by atoms with E-state index < -0.39 is 0 Å². The van der Waals surface area contributed by atoms with Crippen LogP contribution in [0.15, 0.2) is 17.1 Å². The van der Waals surface area contributed by atoms with Crippen LogP contribution in [-0.4, -0.2) is 48.2 Å². The second-order valence-electron chi connectivity index (χ2n) is 6.05. The lowest BCUT2D eigenvalue weighted by atomic mass is 10.1. The van der Waals surface area contributed by atoms with Crippen molar-refractivity contribution in [3.8, 4) is 0 Å². The number of anilines is 1. The van der Waals surface area contributed by atoms with Gasteiger partial charge < -0.3 is 15.0 Å². The highest BCUT2D eigenvalue weighted by Crippen LogP contribution is 2.21. The minimum Gasteiger partial charge on any atom is -0.372 e. The van der Waals surface area contributed by atoms with Crippen LogP contribution in [0.4, 0.5) is 5.69 Å². The fourth-order valence-electron chi connectivity index (χ4n) is 2.49. The fourth-order valence-corrected chi connectivity index (χ4v) is 2.49. The van der Waals surface area contributed by atoms with Gasteiger partial charge in [0.1, 0.15) is 0 Å². The number of rotatable bonds is 6. The summed E-state index contributed by atoms with van der Waals surface area (Å²) in [7, 11) is 0. The largest absolute Gasteiger partial charge is 0.372 e. The van der Waals surface area contributed by atoms with Crippen LogP contribution in [0.25, 0.3) is 0 Å². The Bertz CT molecular complexity index is 513. The van der Waals surface area contributed by atoms with E-state index >= 15 is 0 Å². The summed E-state index contributed by atoms with van der Waals surface area (Å²) >= 11 is 0. The molecule has 0 saturated carbocycles. The molecule has 6 heteroatoms. The molecule has 1 fully saturated rings. The van der Waals surface area contributed by atoms with Gasteiger partial charge in [-0.25, -0.2) is 4.68 Å². The minimum absolute atomic E-state index is 0.0462. The maximum absolute atomic E-state index is 12.1. The van der Waals surface area contributed by atoms with E-state index in [9.17, 15) is 4.79 Å². The molecule has 0 bridgehead atoms. The molecule has 21 heavy (non-hydrogen) atoms. The van der Waals surface area contributed by atoms with Gasteiger partial charge in [0.25, 0.3) is 5.56 Å². The first-order chi connectivity index (χ1) is 10.0. The van der Waals surface area contributed by atoms with E-state index in [1.807, 2.05) is 0 Å². The number of hydrogen-bond donors (Lipinski definition) is 1. The maximum atomic E-state index is 12.1. The van der Waals surface area contributed by atoms with Crippen LogP contribution in [0, 0.1) is 0 Å². The quantitative estimate of drug-likeness (QED) is 0.789. The molecule has 1 saturated heterocycles. The Morgan fingerprint density at radius 2 is 2.24 bits per heavy atom. The van der Waals surface area contributed by atoms with Crippen molar-refractivity contribution < 1.29 is 4.74 Å². The standard InChI is InChI=1S/C15H26N4O2/c1-4-5-16-6-7-19-14(20)10-13(11-17-19)18-8-9-21-15(2,3)12-18/h10-11,16H,4-9,12H2,1-3H3. The second-order valence-corrected chi connectivity index (χ2v) is 6.05. The smallest absolute Gasteiger partial charge is 0.268 e. The van der Waals surface area contributed by atoms with Crippen LogP contribution in [-0.2, 0) is 11.3 Å². The average molecular weight is 294 g/mol. The van der Waals surface area contributed by atoms with Gasteiger partial charge in [0.2, 0.25) is 0 Å². The van der Waals surface area contributed by atoms with Gasteiger partial charge in [-0.05, 0) is 26.8 Å². The van der Waals surface area contributed by atoms with Crippen LogP contribution >= 0.6 is 0 Å². The zero-order valence-electron chi connectivity index (χ0n) is 13.3. The maximum Gasteiger partial charge on any atom is 0.268 e. The van der Waals surface area contributed by atoms with Gasteiger partial charge in [0.15, 0.2) is 0 Å². The summed E-state index contributed by atoms with van der Waals surface area (Å²) in [6.45, 7) is 10.8. The zero-order chi connectivity index (χ0) is 15.3. The van der Waals surface area contributed by atoms with E-state index in [0.717, 1.165) is 38.3 Å². The third kappa shape index (κ3) is 4.54. The molecule has 0 radical (unpaired) electrons. The summed E-state index contributed by atoms with van der Waals surface area (Å²) in [6, 6.07) is 1.67. The Morgan fingerprint density at radius 1 is 1.43 bits per heavy atom. The van der Waals surface area contributed by atoms with Crippen molar-refractivity contribution in [3.05, 3.63) is 22.6 Å². The van der Waals surface area contributed by atoms with E-state index in [-0.39, 0.29) is 11.2 Å². The van der Waals surface area contributed by atoms with Crippen LogP contribution in [0.5, 0.6) is 0 Å². The highest BCUT2D eigenvalue weighted by Gasteiger charge is 2.27. The fraction of sp³-hybridized carbons (Fsp3) is 0.733. The minimum atomic E-state index is -0.183. The highest BCUT2D eigenvalue weighted by molar-refractivity contribution is 5.43. The van der Waals surface area contributed by atoms with E-state index in [1.54, 1.807) is 12.3 Å². The molecule has 118 valence electrons. The van der Waals surface area contributed by atoms with Crippen LogP contribution in [0.1, 0.15) is 27.2 Å². The lowest BCUT2D eigenvalue weighted by molar-refractivity contribution is -0.0277. The van der Waals surface area contributed by atoms with E-state index in [0.29, 0.717) is 13.2 Å². The van der Waals surface area contributed by atoms with Gasteiger partial charge in [-0.15, -0.1) is 0 Å². The lowest BCUT2D eigenvalue weighted by Crippen LogP contribution is -2.48. The van der Waals surface area contributed by atoms with Crippen molar-refractivity contribution in [3.63, 3.8) is 0 Å². The summed E-state index contributed by atoms with van der Waals surface area (Å²) in [6.07, 6.45) is 2.87. The van der Waals surface area contributed by atoms with Crippen molar-refractivity contribution in [1.82, 2.24) is 15.1 Å². The zero-order valence-corrected chi connectivity index (χ0v) is 13.3. The summed E-state index contributed by atoms with van der Waals surface area (Å²) in [5, 5.41) is 7.55. The molecule has 1 aliphatic heterocycles. The second kappa shape index (κ2) is 7.04. The topological polar surface area (TPSA) is 59.4 Å². The molecule has 1 aromatic rings. The number of ether oxygens (including phenoxy) is 1. The number of nitrogens with one attached hydrogen (secondary N) is 1. The van der Waals surface area contributed by atoms with E-state index in [1.165, 1.54) is 4.68 Å². The van der Waals surface area contributed by atoms with Crippen LogP contribution in [0.2, 0.25) is 0 Å². The molecule has 0 aromatic carbocycles. The van der Waals surface area contributed by atoms with Gasteiger partial charge in [-0.3, -0.25) is 4.79 Å². The number of morpholine rings is 1. The Labute approximate surface area is 126 Å². The van der Waals surface area contributed by atoms with Gasteiger partial charge in [-0.2, -0.15) is 5.10 Å². The first-order valence-electron chi connectivity index (χ1n) is 7.68. The molecule has 1 aromatic heterocycles. The summed E-state index contributed by atoms with van der Waals surface area (Å²) < 4.78 is 7.21. The molecule has 0 atom stereocenters. The SMILES string of the molecule is CCCNCCn1ncc(N2CCOC(C)(C)C2)cc1=O. The molecule has 1 aliphatic rings. The molecular weight excluding hydrogens is 268 g/mol. The van der Waals surface area contributed by atoms with Crippen molar-refractivity contribution in [2.75, 3.05) is 37.7 Å². The first kappa shape index (κ1) is 16.0. The normalized spacial score (nSPS) is 18.0. The number of aromatic nitrogens is 2. The van der Waals surface area contributed by atoms with Gasteiger partial charge in [-0.1, -0.05) is 6.92 Å². The average Bonchev–Trinajstić information content (AvgIpc) is 2.44. The van der Waals surface area contributed by atoms with Crippen LogP contribution in [0.3, 0.4) is 0 Å². The van der Waals surface area contributed by atoms with E-state index in [2.05, 4.69) is 36.1 Å². The Balaban J connectivity index is 2.00. The van der Waals surface area contributed by atoms with Crippen molar-refractivity contribution in [2.45, 2.75) is 39.3 Å². The Morgan fingerprint density at radius 3 is 2.90 bits per heavy atom.